The first-order chi connectivity index (χ1) is 9.74. The molecule has 21 heavy (non-hydrogen) atoms. The molecule has 0 bridgehead atoms. The normalized spacial score (nSPS) is 14.4. The van der Waals surface area contributed by atoms with Crippen LogP contribution in [0.2, 0.25) is 5.02 Å². The number of hydrogen-bond acceptors (Lipinski definition) is 3. The van der Waals surface area contributed by atoms with E-state index in [0.717, 1.165) is 0 Å². The highest BCUT2D eigenvalue weighted by molar-refractivity contribution is 6.30. The number of aliphatic hydroxyl groups is 1. The van der Waals surface area contributed by atoms with Crippen molar-refractivity contribution in [3.8, 4) is 5.75 Å². The van der Waals surface area contributed by atoms with Gasteiger partial charge in [0, 0.05) is 17.7 Å². The highest BCUT2D eigenvalue weighted by Gasteiger charge is 2.27. The molecule has 0 spiro atoms. The number of carbonyl (C=O) groups excluding carboxylic acids is 1. The van der Waals surface area contributed by atoms with Crippen molar-refractivity contribution in [3.05, 3.63) is 29.3 Å². The first-order valence-corrected chi connectivity index (χ1v) is 7.45. The zero-order valence-electron chi connectivity index (χ0n) is 13.0. The Kier molecular flexibility index (Phi) is 6.49. The molecular weight excluding hydrogens is 290 g/mol. The van der Waals surface area contributed by atoms with Crippen LogP contribution in [-0.2, 0) is 4.79 Å². The van der Waals surface area contributed by atoms with Gasteiger partial charge in [-0.05, 0) is 43.0 Å². The predicted molar refractivity (Wildman–Crippen MR) is 84.6 cm³/mol. The largest absolute Gasteiger partial charge is 0.481 e. The van der Waals surface area contributed by atoms with Crippen LogP contribution in [0.4, 0.5) is 0 Å². The quantitative estimate of drug-likeness (QED) is 0.848. The van der Waals surface area contributed by atoms with Gasteiger partial charge in [0.1, 0.15) is 5.75 Å². The zero-order valence-corrected chi connectivity index (χ0v) is 13.8. The summed E-state index contributed by atoms with van der Waals surface area (Å²) >= 11 is 5.81. The van der Waals surface area contributed by atoms with Gasteiger partial charge in [0.25, 0.3) is 5.91 Å². The summed E-state index contributed by atoms with van der Waals surface area (Å²) < 4.78 is 5.59. The summed E-state index contributed by atoms with van der Waals surface area (Å²) in [5, 5.41) is 12.7. The minimum atomic E-state index is -0.616. The lowest BCUT2D eigenvalue weighted by atomic mass is 9.85. The molecular formula is C16H24ClNO3. The summed E-state index contributed by atoms with van der Waals surface area (Å²) in [6, 6.07) is 6.77. The Morgan fingerprint density at radius 1 is 1.33 bits per heavy atom. The van der Waals surface area contributed by atoms with E-state index in [1.165, 1.54) is 0 Å². The van der Waals surface area contributed by atoms with Gasteiger partial charge in [0.15, 0.2) is 6.10 Å². The molecule has 0 saturated carbocycles. The van der Waals surface area contributed by atoms with Gasteiger partial charge in [0.2, 0.25) is 0 Å². The molecule has 0 saturated heterocycles. The Morgan fingerprint density at radius 2 is 1.90 bits per heavy atom. The molecule has 0 aliphatic rings. The molecule has 1 aromatic carbocycles. The lowest BCUT2D eigenvalue weighted by Crippen LogP contribution is -2.48. The molecule has 4 nitrogen and oxygen atoms in total. The third-order valence-corrected chi connectivity index (χ3v) is 3.53. The van der Waals surface area contributed by atoms with E-state index in [4.69, 9.17) is 21.4 Å². The van der Waals surface area contributed by atoms with Crippen LogP contribution >= 0.6 is 11.6 Å². The summed E-state index contributed by atoms with van der Waals surface area (Å²) in [6.45, 7) is 7.81. The van der Waals surface area contributed by atoms with Crippen molar-refractivity contribution in [2.45, 2.75) is 46.3 Å². The van der Waals surface area contributed by atoms with Gasteiger partial charge < -0.3 is 15.2 Å². The Morgan fingerprint density at radius 3 is 2.38 bits per heavy atom. The standard InChI is InChI=1S/C16H24ClNO3/c1-11(21-13-7-5-12(17)6-8-13)15(20)18-14(9-10-19)16(2,3)4/h5-8,11,14,19H,9-10H2,1-4H3,(H,18,20). The van der Waals surface area contributed by atoms with Gasteiger partial charge >= 0.3 is 0 Å². The molecule has 2 N–H and O–H groups in total. The van der Waals surface area contributed by atoms with Crippen molar-refractivity contribution >= 4 is 17.5 Å². The van der Waals surface area contributed by atoms with Crippen LogP contribution in [0.5, 0.6) is 5.75 Å². The zero-order chi connectivity index (χ0) is 16.0. The molecule has 1 amide bonds. The second-order valence-corrected chi connectivity index (χ2v) is 6.59. The van der Waals surface area contributed by atoms with Gasteiger partial charge in [-0.15, -0.1) is 0 Å². The first-order valence-electron chi connectivity index (χ1n) is 7.07. The molecule has 2 atom stereocenters. The van der Waals surface area contributed by atoms with Crippen LogP contribution in [0.3, 0.4) is 0 Å². The van der Waals surface area contributed by atoms with E-state index in [-0.39, 0.29) is 24.0 Å². The van der Waals surface area contributed by atoms with E-state index in [1.807, 2.05) is 20.8 Å². The number of nitrogens with one attached hydrogen (secondary N) is 1. The van der Waals surface area contributed by atoms with E-state index in [2.05, 4.69) is 5.32 Å². The van der Waals surface area contributed by atoms with Crippen LogP contribution in [0.25, 0.3) is 0 Å². The molecule has 1 aromatic rings. The van der Waals surface area contributed by atoms with E-state index >= 15 is 0 Å². The predicted octanol–water partition coefficient (Wildman–Crippen LogP) is 3.02. The molecule has 1 rings (SSSR count). The Labute approximate surface area is 131 Å². The van der Waals surface area contributed by atoms with E-state index in [1.54, 1.807) is 31.2 Å². The summed E-state index contributed by atoms with van der Waals surface area (Å²) in [5.41, 5.74) is -0.127. The third kappa shape index (κ3) is 5.94. The number of halogens is 1. The molecule has 0 fully saturated rings. The number of ether oxygens (including phenoxy) is 1. The Bertz CT molecular complexity index is 454. The summed E-state index contributed by atoms with van der Waals surface area (Å²) in [5.74, 6) is 0.398. The van der Waals surface area contributed by atoms with Crippen LogP contribution in [0.1, 0.15) is 34.1 Å². The van der Waals surface area contributed by atoms with E-state index < -0.39 is 6.10 Å². The second kappa shape index (κ2) is 7.66. The minimum Gasteiger partial charge on any atom is -0.481 e. The summed E-state index contributed by atoms with van der Waals surface area (Å²) in [4.78, 5) is 12.2. The Hall–Kier alpha value is -1.26. The van der Waals surface area contributed by atoms with E-state index in [9.17, 15) is 4.79 Å². The van der Waals surface area contributed by atoms with Crippen molar-refractivity contribution in [1.29, 1.82) is 0 Å². The average molecular weight is 314 g/mol. The number of amides is 1. The molecule has 0 aliphatic carbocycles. The highest BCUT2D eigenvalue weighted by Crippen LogP contribution is 2.22. The van der Waals surface area contributed by atoms with Crippen molar-refractivity contribution in [2.75, 3.05) is 6.61 Å². The fourth-order valence-corrected chi connectivity index (χ4v) is 2.04. The fraction of sp³-hybridized carbons (Fsp3) is 0.562. The van der Waals surface area contributed by atoms with Gasteiger partial charge in [-0.3, -0.25) is 4.79 Å². The molecule has 5 heteroatoms. The number of aliphatic hydroxyl groups excluding tert-OH is 1. The molecule has 2 unspecified atom stereocenters. The minimum absolute atomic E-state index is 0.0363. The molecule has 0 aliphatic heterocycles. The van der Waals surface area contributed by atoms with Crippen molar-refractivity contribution < 1.29 is 14.6 Å². The Balaban J connectivity index is 2.62. The monoisotopic (exact) mass is 313 g/mol. The number of rotatable bonds is 6. The van der Waals surface area contributed by atoms with Gasteiger partial charge in [0.05, 0.1) is 0 Å². The van der Waals surface area contributed by atoms with Crippen LogP contribution in [0.15, 0.2) is 24.3 Å². The third-order valence-electron chi connectivity index (χ3n) is 3.28. The second-order valence-electron chi connectivity index (χ2n) is 6.15. The lowest BCUT2D eigenvalue weighted by molar-refractivity contribution is -0.128. The maximum atomic E-state index is 12.2. The van der Waals surface area contributed by atoms with Gasteiger partial charge in [-0.25, -0.2) is 0 Å². The summed E-state index contributed by atoms with van der Waals surface area (Å²) in [7, 11) is 0. The lowest BCUT2D eigenvalue weighted by Gasteiger charge is -2.32. The van der Waals surface area contributed by atoms with Gasteiger partial charge in [-0.2, -0.15) is 0 Å². The molecule has 118 valence electrons. The first kappa shape index (κ1) is 17.8. The SMILES string of the molecule is CC(Oc1ccc(Cl)cc1)C(=O)NC(CCO)C(C)(C)C. The summed E-state index contributed by atoms with van der Waals surface area (Å²) in [6.07, 6.45) is -0.0992. The van der Waals surface area contributed by atoms with E-state index in [0.29, 0.717) is 17.2 Å². The van der Waals surface area contributed by atoms with Crippen LogP contribution < -0.4 is 10.1 Å². The fourth-order valence-electron chi connectivity index (χ4n) is 1.91. The number of carbonyl (C=O) groups is 1. The maximum absolute atomic E-state index is 12.2. The average Bonchev–Trinajstić information content (AvgIpc) is 2.39. The topological polar surface area (TPSA) is 58.6 Å². The molecule has 0 heterocycles. The van der Waals surface area contributed by atoms with Gasteiger partial charge in [-0.1, -0.05) is 32.4 Å². The van der Waals surface area contributed by atoms with Crippen molar-refractivity contribution in [3.63, 3.8) is 0 Å². The highest BCUT2D eigenvalue weighted by atomic mass is 35.5. The van der Waals surface area contributed by atoms with Crippen LogP contribution in [-0.4, -0.2) is 29.8 Å². The van der Waals surface area contributed by atoms with Crippen molar-refractivity contribution in [1.82, 2.24) is 5.32 Å². The number of hydrogen-bond donors (Lipinski definition) is 2. The van der Waals surface area contributed by atoms with Crippen molar-refractivity contribution in [2.24, 2.45) is 5.41 Å². The number of benzene rings is 1. The molecule has 0 radical (unpaired) electrons. The maximum Gasteiger partial charge on any atom is 0.261 e. The smallest absolute Gasteiger partial charge is 0.261 e. The molecule has 0 aromatic heterocycles. The van der Waals surface area contributed by atoms with Crippen LogP contribution in [0, 0.1) is 5.41 Å².